The van der Waals surface area contributed by atoms with Crippen molar-refractivity contribution in [3.8, 4) is 0 Å². The van der Waals surface area contributed by atoms with E-state index in [2.05, 4.69) is 5.32 Å². The van der Waals surface area contributed by atoms with Crippen molar-refractivity contribution in [2.45, 2.75) is 60.6 Å². The molecule has 0 fully saturated rings. The van der Waals surface area contributed by atoms with Crippen LogP contribution >= 0.6 is 0 Å². The van der Waals surface area contributed by atoms with E-state index < -0.39 is 63.7 Å². The predicted octanol–water partition coefficient (Wildman–Crippen LogP) is 4.91. The molecule has 0 unspecified atom stereocenters. The molecule has 4 nitrogen and oxygen atoms in total. The van der Waals surface area contributed by atoms with Gasteiger partial charge in [-0.1, -0.05) is 13.3 Å². The van der Waals surface area contributed by atoms with Gasteiger partial charge in [-0.25, -0.2) is 0 Å². The Morgan fingerprint density at radius 1 is 0.645 bits per heavy atom. The molecule has 0 heterocycles. The van der Waals surface area contributed by atoms with Crippen LogP contribution < -0.4 is 5.32 Å². The fraction of sp³-hybridized carbons (Fsp3) is 1.00. The highest BCUT2D eigenvalue weighted by Gasteiger charge is 2.94. The minimum absolute atomic E-state index is 0.621. The molecule has 0 bridgehead atoms. The Morgan fingerprint density at radius 3 is 1.16 bits per heavy atom. The second-order valence-electron chi connectivity index (χ2n) is 5.82. The highest BCUT2D eigenvalue weighted by Crippen LogP contribution is 2.63. The van der Waals surface area contributed by atoms with E-state index in [1.807, 2.05) is 14.1 Å². The Hall–Kier alpha value is -1.11. The molecule has 0 aromatic carbocycles. The summed E-state index contributed by atoms with van der Waals surface area (Å²) in [7, 11) is -3.95. The van der Waals surface area contributed by atoms with Gasteiger partial charge in [0.2, 0.25) is 0 Å². The van der Waals surface area contributed by atoms with E-state index in [-0.39, 0.29) is 0 Å². The molecule has 19 heteroatoms. The maximum Gasteiger partial charge on any atom is 0.438 e. The summed E-state index contributed by atoms with van der Waals surface area (Å²) in [5, 5.41) is -4.86. The van der Waals surface area contributed by atoms with Crippen molar-refractivity contribution in [3.05, 3.63) is 0 Å². The third-order valence-electron chi connectivity index (χ3n) is 3.29. The summed E-state index contributed by atoms with van der Waals surface area (Å²) >= 11 is 0. The number of hydrogen-bond acceptors (Lipinski definition) is 3. The van der Waals surface area contributed by atoms with Crippen LogP contribution in [-0.4, -0.2) is 67.9 Å². The van der Waals surface area contributed by atoms with E-state index in [0.717, 1.165) is 0 Å². The van der Waals surface area contributed by atoms with Crippen molar-refractivity contribution < 1.29 is 74.4 Å². The quantitative estimate of drug-likeness (QED) is 0.336. The van der Waals surface area contributed by atoms with Crippen LogP contribution in [0.15, 0.2) is 0 Å². The van der Waals surface area contributed by atoms with Gasteiger partial charge < -0.3 is 5.32 Å². The highest BCUT2D eigenvalue weighted by atomic mass is 32.2. The first-order valence-corrected chi connectivity index (χ1v) is 8.87. The summed E-state index contributed by atoms with van der Waals surface area (Å²) < 4.78 is 211. The number of rotatable bonds is 9. The third-order valence-corrected chi connectivity index (χ3v) is 4.19. The monoisotopic (exact) mass is 519 g/mol. The minimum atomic E-state index is -8.38. The minimum Gasteiger partial charge on any atom is -0.323 e. The Balaban J connectivity index is 0. The van der Waals surface area contributed by atoms with Gasteiger partial charge in [0, 0.05) is 6.42 Å². The van der Waals surface area contributed by atoms with E-state index in [9.17, 15) is 69.9 Å². The maximum absolute atomic E-state index is 13.3. The van der Waals surface area contributed by atoms with Crippen LogP contribution in [0.5, 0.6) is 0 Å². The van der Waals surface area contributed by atoms with Gasteiger partial charge in [0.15, 0.2) is 0 Å². The number of hydrogen-bond donors (Lipinski definition) is 2. The molecule has 0 aliphatic rings. The van der Waals surface area contributed by atoms with Gasteiger partial charge in [0.05, 0.1) is 0 Å². The van der Waals surface area contributed by atoms with Gasteiger partial charge in [-0.15, -0.1) is 0 Å². The van der Waals surface area contributed by atoms with Crippen LogP contribution in [-0.2, 0) is 10.1 Å². The third kappa shape index (κ3) is 4.81. The first kappa shape index (κ1) is 32.1. The molecule has 0 saturated carbocycles. The molecule has 190 valence electrons. The molecular formula is C12H15F14NO3S. The number of alkyl halides is 14. The van der Waals surface area contributed by atoms with Crippen LogP contribution in [0.1, 0.15) is 19.8 Å². The van der Waals surface area contributed by atoms with Gasteiger partial charge in [-0.05, 0) is 14.1 Å². The SMILES string of the molecule is CCCC(F)(F)C(F)(F)C(F)(F)C(F)(F)C(F)(F)C(F)(F)C(F)(F)S(=O)(=O)O.CNC. The molecule has 31 heavy (non-hydrogen) atoms. The first-order chi connectivity index (χ1) is 13.2. The summed E-state index contributed by atoms with van der Waals surface area (Å²) in [6.45, 7) is 0.621. The van der Waals surface area contributed by atoms with Gasteiger partial charge >= 0.3 is 50.9 Å². The van der Waals surface area contributed by atoms with Gasteiger partial charge in [0.1, 0.15) is 0 Å². The summed E-state index contributed by atoms with van der Waals surface area (Å²) in [6, 6.07) is 0. The molecule has 0 aliphatic heterocycles. The largest absolute Gasteiger partial charge is 0.438 e. The van der Waals surface area contributed by atoms with Crippen molar-refractivity contribution in [1.29, 1.82) is 0 Å². The van der Waals surface area contributed by atoms with Gasteiger partial charge in [-0.2, -0.15) is 69.9 Å². The van der Waals surface area contributed by atoms with Crippen molar-refractivity contribution in [1.82, 2.24) is 5.32 Å². The van der Waals surface area contributed by atoms with E-state index >= 15 is 0 Å². The predicted molar refractivity (Wildman–Crippen MR) is 76.1 cm³/mol. The summed E-state index contributed by atoms with van der Waals surface area (Å²) in [4.78, 5) is 0. The lowest BCUT2D eigenvalue weighted by molar-refractivity contribution is -0.435. The lowest BCUT2D eigenvalue weighted by Crippen LogP contribution is -2.73. The second-order valence-corrected chi connectivity index (χ2v) is 7.28. The van der Waals surface area contributed by atoms with E-state index in [0.29, 0.717) is 6.92 Å². The zero-order chi connectivity index (χ0) is 26.1. The van der Waals surface area contributed by atoms with Crippen molar-refractivity contribution in [2.24, 2.45) is 0 Å². The van der Waals surface area contributed by atoms with Crippen LogP contribution in [0, 0.1) is 0 Å². The fourth-order valence-electron chi connectivity index (χ4n) is 1.64. The van der Waals surface area contributed by atoms with Crippen LogP contribution in [0.2, 0.25) is 0 Å². The average molecular weight is 519 g/mol. The van der Waals surface area contributed by atoms with Crippen LogP contribution in [0.3, 0.4) is 0 Å². The molecule has 0 saturated heterocycles. The summed E-state index contributed by atoms with van der Waals surface area (Å²) in [6.07, 6.45) is -3.47. The van der Waals surface area contributed by atoms with E-state index in [1.54, 1.807) is 0 Å². The smallest absolute Gasteiger partial charge is 0.323 e. The van der Waals surface area contributed by atoms with Crippen LogP contribution in [0.4, 0.5) is 61.5 Å². The fourth-order valence-corrected chi connectivity index (χ4v) is 2.09. The van der Waals surface area contributed by atoms with Crippen molar-refractivity contribution in [3.63, 3.8) is 0 Å². The zero-order valence-corrected chi connectivity index (χ0v) is 16.2. The van der Waals surface area contributed by atoms with Gasteiger partial charge in [-0.3, -0.25) is 4.55 Å². The lowest BCUT2D eigenvalue weighted by Gasteiger charge is -2.42. The Labute approximate surface area is 165 Å². The molecule has 0 spiro atoms. The molecular weight excluding hydrogens is 504 g/mol. The molecule has 0 rings (SSSR count). The maximum atomic E-state index is 13.3. The average Bonchev–Trinajstić information content (AvgIpc) is 2.53. The molecule has 2 N–H and O–H groups in total. The topological polar surface area (TPSA) is 66.4 Å². The van der Waals surface area contributed by atoms with E-state index in [1.165, 1.54) is 0 Å². The standard InChI is InChI=1S/C10H8F14O3S.C2H7N/c1-2-3-4(11,12)5(13,14)6(15,16)7(17,18)8(19,20)9(21,22)10(23,24)28(25,26)27;1-3-2/h2-3H2,1H3,(H,25,26,27);3H,1-2H3. The lowest BCUT2D eigenvalue weighted by atomic mass is 9.90. The molecule has 0 aliphatic carbocycles. The van der Waals surface area contributed by atoms with Crippen molar-refractivity contribution in [2.75, 3.05) is 14.1 Å². The Kier molecular flexibility index (Phi) is 9.34. The van der Waals surface area contributed by atoms with Crippen molar-refractivity contribution >= 4 is 10.1 Å². The summed E-state index contributed by atoms with van der Waals surface area (Å²) in [5.74, 6) is -46.7. The highest BCUT2D eigenvalue weighted by molar-refractivity contribution is 7.87. The zero-order valence-electron chi connectivity index (χ0n) is 15.4. The molecule has 0 atom stereocenters. The number of nitrogens with one attached hydrogen (secondary N) is 1. The Bertz CT molecular complexity index is 707. The summed E-state index contributed by atoms with van der Waals surface area (Å²) in [5.41, 5.74) is 0. The number of halogens is 14. The normalized spacial score (nSPS) is 15.4. The Morgan fingerprint density at radius 2 is 0.903 bits per heavy atom. The first-order valence-electron chi connectivity index (χ1n) is 7.43. The molecule has 0 amide bonds. The van der Waals surface area contributed by atoms with Gasteiger partial charge in [0.25, 0.3) is 0 Å². The second kappa shape index (κ2) is 9.03. The molecule has 0 aromatic rings. The molecule has 0 aromatic heterocycles. The molecule has 0 radical (unpaired) electrons. The van der Waals surface area contributed by atoms with Crippen LogP contribution in [0.25, 0.3) is 0 Å². The van der Waals surface area contributed by atoms with E-state index in [4.69, 9.17) is 4.55 Å².